The lowest BCUT2D eigenvalue weighted by Gasteiger charge is -2.30. The van der Waals surface area contributed by atoms with Gasteiger partial charge in [0.05, 0.1) is 34.8 Å². The summed E-state index contributed by atoms with van der Waals surface area (Å²) >= 11 is 0. The number of nitrogens with one attached hydrogen (secondary N) is 3. The molecule has 0 spiro atoms. The largest absolute Gasteiger partial charge is 0.481 e. The van der Waals surface area contributed by atoms with E-state index < -0.39 is 0 Å². The zero-order valence-electron chi connectivity index (χ0n) is 21.7. The van der Waals surface area contributed by atoms with Crippen LogP contribution in [0.4, 0.5) is 5.82 Å². The third kappa shape index (κ3) is 4.55. The number of aryl methyl sites for hydroxylation is 3. The molecule has 0 amide bonds. The second kappa shape index (κ2) is 8.68. The molecule has 0 radical (unpaired) electrons. The van der Waals surface area contributed by atoms with Crippen LogP contribution in [0.1, 0.15) is 45.0 Å². The predicted molar refractivity (Wildman–Crippen MR) is 138 cm³/mol. The molecular weight excluding hydrogens is 444 g/mol. The van der Waals surface area contributed by atoms with E-state index in [1.807, 2.05) is 38.8 Å². The quantitative estimate of drug-likeness (QED) is 0.339. The first-order valence-electron chi connectivity index (χ1n) is 11.4. The molecule has 10 nitrogen and oxygen atoms in total. The highest BCUT2D eigenvalue weighted by atomic mass is 16.5. The molecule has 4 rings (SSSR count). The van der Waals surface area contributed by atoms with Crippen molar-refractivity contribution in [3.8, 4) is 17.0 Å². The number of allylic oxidation sites excluding steroid dienone is 1. The number of rotatable bonds is 6. The highest BCUT2D eigenvalue weighted by Crippen LogP contribution is 2.39. The molecule has 0 aromatic carbocycles. The SMILES string of the molecule is COc1nc2c(cc1-c1c(C)noc1C)[nH]c1nc(C)nc(N(C)/C(=C/C(C)=N)NC(C)(C)C)c12. The van der Waals surface area contributed by atoms with Gasteiger partial charge in [0.2, 0.25) is 5.88 Å². The smallest absolute Gasteiger partial charge is 0.221 e. The molecule has 0 saturated carbocycles. The Hall–Kier alpha value is -3.95. The standard InChI is InChI=1S/C25H32N8O2/c1-12(26)10-18(31-25(5,6)7)33(8)23-20-21-17(29-22(20)27-15(4)28-23)11-16(24(30-21)34-9)19-13(2)32-35-14(19)3/h10-11,26,31H,1-9H3,(H,27,28,29)/b18-10+,26-12?. The molecule has 10 heteroatoms. The van der Waals surface area contributed by atoms with Crippen molar-refractivity contribution in [2.75, 3.05) is 19.1 Å². The Morgan fingerprint density at radius 3 is 2.49 bits per heavy atom. The third-order valence-corrected chi connectivity index (χ3v) is 5.51. The topological polar surface area (TPSA) is 129 Å². The van der Waals surface area contributed by atoms with E-state index in [-0.39, 0.29) is 5.54 Å². The molecular formula is C25H32N8O2. The van der Waals surface area contributed by atoms with Crippen LogP contribution in [-0.4, -0.2) is 50.5 Å². The Balaban J connectivity index is 1.99. The minimum Gasteiger partial charge on any atom is -0.481 e. The van der Waals surface area contributed by atoms with Gasteiger partial charge in [-0.1, -0.05) is 5.16 Å². The molecule has 184 valence electrons. The second-order valence-electron chi connectivity index (χ2n) is 9.73. The maximum atomic E-state index is 8.05. The molecule has 0 aliphatic carbocycles. The highest BCUT2D eigenvalue weighted by Gasteiger charge is 2.24. The van der Waals surface area contributed by atoms with Gasteiger partial charge in [0, 0.05) is 18.3 Å². The van der Waals surface area contributed by atoms with Crippen LogP contribution >= 0.6 is 0 Å². The van der Waals surface area contributed by atoms with Crippen molar-refractivity contribution >= 4 is 33.6 Å². The number of aromatic amines is 1. The Labute approximate surface area is 204 Å². The fourth-order valence-electron chi connectivity index (χ4n) is 4.14. The summed E-state index contributed by atoms with van der Waals surface area (Å²) in [5.74, 6) is 3.19. The van der Waals surface area contributed by atoms with Gasteiger partial charge in [0.15, 0.2) is 0 Å². The molecule has 0 aliphatic rings. The second-order valence-corrected chi connectivity index (χ2v) is 9.73. The summed E-state index contributed by atoms with van der Waals surface area (Å²) in [5.41, 5.74) is 4.77. The molecule has 0 unspecified atom stereocenters. The molecule has 0 bridgehead atoms. The van der Waals surface area contributed by atoms with E-state index in [0.29, 0.717) is 40.2 Å². The first-order valence-corrected chi connectivity index (χ1v) is 11.4. The van der Waals surface area contributed by atoms with Crippen molar-refractivity contribution in [2.45, 2.75) is 54.0 Å². The van der Waals surface area contributed by atoms with Crippen LogP contribution in [0.5, 0.6) is 5.88 Å². The van der Waals surface area contributed by atoms with E-state index in [2.05, 4.69) is 41.2 Å². The zero-order chi connectivity index (χ0) is 25.7. The number of hydrogen-bond donors (Lipinski definition) is 3. The van der Waals surface area contributed by atoms with Gasteiger partial charge in [-0.3, -0.25) is 0 Å². The minimum absolute atomic E-state index is 0.221. The van der Waals surface area contributed by atoms with Crippen LogP contribution < -0.4 is 15.0 Å². The number of methoxy groups -OCH3 is 1. The average molecular weight is 477 g/mol. The lowest BCUT2D eigenvalue weighted by molar-refractivity contribution is 0.392. The number of fused-ring (bicyclic) bond motifs is 3. The van der Waals surface area contributed by atoms with Crippen molar-refractivity contribution in [3.05, 3.63) is 35.2 Å². The summed E-state index contributed by atoms with van der Waals surface area (Å²) in [7, 11) is 3.52. The van der Waals surface area contributed by atoms with Gasteiger partial charge in [-0.15, -0.1) is 0 Å². The molecule has 35 heavy (non-hydrogen) atoms. The monoisotopic (exact) mass is 476 g/mol. The van der Waals surface area contributed by atoms with Crippen LogP contribution in [0.3, 0.4) is 0 Å². The molecule has 0 atom stereocenters. The molecule has 4 aromatic heterocycles. The van der Waals surface area contributed by atoms with Crippen molar-refractivity contribution < 1.29 is 9.26 Å². The summed E-state index contributed by atoms with van der Waals surface area (Å²) in [4.78, 5) is 19.6. The molecule has 0 aliphatic heterocycles. The fourth-order valence-corrected chi connectivity index (χ4v) is 4.14. The van der Waals surface area contributed by atoms with Crippen LogP contribution in [0.2, 0.25) is 0 Å². The first-order chi connectivity index (χ1) is 16.4. The van der Waals surface area contributed by atoms with Gasteiger partial charge in [-0.05, 0) is 60.6 Å². The average Bonchev–Trinajstić information content (AvgIpc) is 3.27. The maximum Gasteiger partial charge on any atom is 0.221 e. The Bertz CT molecular complexity index is 1450. The first kappa shape index (κ1) is 24.2. The van der Waals surface area contributed by atoms with Gasteiger partial charge in [0.25, 0.3) is 0 Å². The number of nitrogens with zero attached hydrogens (tertiary/aromatic N) is 5. The third-order valence-electron chi connectivity index (χ3n) is 5.51. The number of aromatic nitrogens is 5. The van der Waals surface area contributed by atoms with Crippen molar-refractivity contribution in [2.24, 2.45) is 0 Å². The Kier molecular flexibility index (Phi) is 6.00. The van der Waals surface area contributed by atoms with Gasteiger partial charge in [-0.2, -0.15) is 0 Å². The molecule has 3 N–H and O–H groups in total. The molecule has 0 fully saturated rings. The summed E-state index contributed by atoms with van der Waals surface area (Å²) in [6, 6.07) is 1.99. The van der Waals surface area contributed by atoms with Crippen molar-refractivity contribution in [1.82, 2.24) is 30.4 Å². The number of hydrogen-bond acceptors (Lipinski definition) is 9. The number of pyridine rings is 1. The fraction of sp³-hybridized carbons (Fsp3) is 0.400. The lowest BCUT2D eigenvalue weighted by atomic mass is 10.0. The van der Waals surface area contributed by atoms with Crippen LogP contribution in [0.25, 0.3) is 33.2 Å². The Morgan fingerprint density at radius 1 is 1.20 bits per heavy atom. The van der Waals surface area contributed by atoms with E-state index in [4.69, 9.17) is 24.6 Å². The van der Waals surface area contributed by atoms with E-state index in [9.17, 15) is 0 Å². The van der Waals surface area contributed by atoms with Gasteiger partial charge < -0.3 is 29.9 Å². The summed E-state index contributed by atoms with van der Waals surface area (Å²) < 4.78 is 11.1. The minimum atomic E-state index is -0.221. The van der Waals surface area contributed by atoms with Crippen LogP contribution in [0.15, 0.2) is 22.5 Å². The van der Waals surface area contributed by atoms with E-state index >= 15 is 0 Å². The Morgan fingerprint density at radius 2 is 1.91 bits per heavy atom. The molecule has 4 aromatic rings. The maximum absolute atomic E-state index is 8.05. The summed E-state index contributed by atoms with van der Waals surface area (Å²) in [6.45, 7) is 13.6. The van der Waals surface area contributed by atoms with Crippen LogP contribution in [0, 0.1) is 26.2 Å². The summed E-state index contributed by atoms with van der Waals surface area (Å²) in [6.07, 6.45) is 1.78. The van der Waals surface area contributed by atoms with E-state index in [1.54, 1.807) is 20.1 Å². The van der Waals surface area contributed by atoms with Crippen molar-refractivity contribution in [3.63, 3.8) is 0 Å². The normalized spacial score (nSPS) is 12.4. The van der Waals surface area contributed by atoms with Crippen molar-refractivity contribution in [1.29, 1.82) is 5.41 Å². The highest BCUT2D eigenvalue weighted by molar-refractivity contribution is 6.10. The number of anilines is 1. The lowest BCUT2D eigenvalue weighted by Crippen LogP contribution is -2.41. The zero-order valence-corrected chi connectivity index (χ0v) is 21.7. The van der Waals surface area contributed by atoms with Crippen LogP contribution in [-0.2, 0) is 0 Å². The van der Waals surface area contributed by atoms with E-state index in [0.717, 1.165) is 33.5 Å². The number of ether oxygens (including phenoxy) is 1. The van der Waals surface area contributed by atoms with Gasteiger partial charge >= 0.3 is 0 Å². The number of H-pyrrole nitrogens is 1. The predicted octanol–water partition coefficient (Wildman–Crippen LogP) is 4.80. The van der Waals surface area contributed by atoms with Gasteiger partial charge in [0.1, 0.15) is 34.4 Å². The van der Waals surface area contributed by atoms with Gasteiger partial charge in [-0.25, -0.2) is 15.0 Å². The summed E-state index contributed by atoms with van der Waals surface area (Å²) in [5, 5.41) is 16.4. The van der Waals surface area contributed by atoms with E-state index in [1.165, 1.54) is 0 Å². The molecule has 0 saturated heterocycles. The molecule has 4 heterocycles.